The highest BCUT2D eigenvalue weighted by Crippen LogP contribution is 2.26. The van der Waals surface area contributed by atoms with Gasteiger partial charge in [0.2, 0.25) is 0 Å². The molecule has 1 aliphatic heterocycles. The number of aromatic nitrogens is 3. The monoisotopic (exact) mass is 278 g/mol. The molecule has 0 aliphatic carbocycles. The average Bonchev–Trinajstić information content (AvgIpc) is 2.87. The zero-order valence-corrected chi connectivity index (χ0v) is 11.9. The van der Waals surface area contributed by atoms with Crippen molar-refractivity contribution in [3.05, 3.63) is 36.2 Å². The molecule has 19 heavy (non-hydrogen) atoms. The van der Waals surface area contributed by atoms with Crippen LogP contribution in [0.2, 0.25) is 0 Å². The quantitative estimate of drug-likeness (QED) is 0.917. The van der Waals surface area contributed by atoms with Crippen LogP contribution in [0.3, 0.4) is 0 Å². The first kappa shape index (κ1) is 14.0. The molecular weight excluding hydrogens is 260 g/mol. The smallest absolute Gasteiger partial charge is 0.181 e. The van der Waals surface area contributed by atoms with Gasteiger partial charge in [0.25, 0.3) is 0 Å². The molecular formula is C14H19ClN4. The Hall–Kier alpha value is -1.39. The molecule has 1 N–H and O–H groups in total. The zero-order valence-electron chi connectivity index (χ0n) is 11.0. The standard InChI is InChI=1S/C14H18N4.ClH/c1-18-10-16-14(17-18)13-4-2-11(3-5-13)12-6-8-15-9-7-12;/h2-5,10,12,15H,6-9H2,1H3;1H. The van der Waals surface area contributed by atoms with Crippen LogP contribution < -0.4 is 5.32 Å². The molecule has 0 spiro atoms. The van der Waals surface area contributed by atoms with E-state index in [9.17, 15) is 0 Å². The largest absolute Gasteiger partial charge is 0.317 e. The summed E-state index contributed by atoms with van der Waals surface area (Å²) in [6.45, 7) is 2.27. The van der Waals surface area contributed by atoms with Crippen molar-refractivity contribution < 1.29 is 0 Å². The number of halogens is 1. The van der Waals surface area contributed by atoms with Gasteiger partial charge in [-0.25, -0.2) is 4.98 Å². The van der Waals surface area contributed by atoms with Crippen LogP contribution >= 0.6 is 12.4 Å². The molecule has 102 valence electrons. The molecule has 2 heterocycles. The third-order valence-electron chi connectivity index (χ3n) is 3.58. The predicted octanol–water partition coefficient (Wildman–Crippen LogP) is 2.37. The lowest BCUT2D eigenvalue weighted by Gasteiger charge is -2.22. The van der Waals surface area contributed by atoms with Crippen molar-refractivity contribution in [1.29, 1.82) is 0 Å². The van der Waals surface area contributed by atoms with Crippen molar-refractivity contribution in [3.63, 3.8) is 0 Å². The molecule has 0 unspecified atom stereocenters. The SMILES string of the molecule is Cl.Cn1cnc(-c2ccc(C3CCNCC3)cc2)n1. The van der Waals surface area contributed by atoms with Gasteiger partial charge in [-0.3, -0.25) is 4.68 Å². The third-order valence-corrected chi connectivity index (χ3v) is 3.58. The maximum absolute atomic E-state index is 4.32. The second-order valence-electron chi connectivity index (χ2n) is 4.89. The van der Waals surface area contributed by atoms with Gasteiger partial charge in [-0.05, 0) is 37.4 Å². The fourth-order valence-corrected chi connectivity index (χ4v) is 2.53. The van der Waals surface area contributed by atoms with Crippen molar-refractivity contribution in [3.8, 4) is 11.4 Å². The first-order valence-corrected chi connectivity index (χ1v) is 6.49. The number of piperidine rings is 1. The van der Waals surface area contributed by atoms with Crippen LogP contribution in [0.15, 0.2) is 30.6 Å². The molecule has 0 saturated carbocycles. The summed E-state index contributed by atoms with van der Waals surface area (Å²) in [5, 5.41) is 7.72. The summed E-state index contributed by atoms with van der Waals surface area (Å²) < 4.78 is 1.73. The van der Waals surface area contributed by atoms with Crippen molar-refractivity contribution in [2.24, 2.45) is 7.05 Å². The van der Waals surface area contributed by atoms with Gasteiger partial charge in [0.05, 0.1) is 0 Å². The van der Waals surface area contributed by atoms with Crippen LogP contribution in [-0.4, -0.2) is 27.9 Å². The van der Waals surface area contributed by atoms with E-state index in [-0.39, 0.29) is 12.4 Å². The maximum atomic E-state index is 4.32. The van der Waals surface area contributed by atoms with Gasteiger partial charge in [0, 0.05) is 12.6 Å². The van der Waals surface area contributed by atoms with Crippen LogP contribution in [0.25, 0.3) is 11.4 Å². The Bertz CT molecular complexity index is 514. The first-order chi connectivity index (χ1) is 8.83. The van der Waals surface area contributed by atoms with E-state index in [2.05, 4.69) is 39.7 Å². The molecule has 3 rings (SSSR count). The van der Waals surface area contributed by atoms with Crippen molar-refractivity contribution in [2.45, 2.75) is 18.8 Å². The van der Waals surface area contributed by atoms with Crippen molar-refractivity contribution in [1.82, 2.24) is 20.1 Å². The molecule has 1 saturated heterocycles. The van der Waals surface area contributed by atoms with E-state index in [4.69, 9.17) is 0 Å². The molecule has 1 fully saturated rings. The summed E-state index contributed by atoms with van der Waals surface area (Å²) in [5.74, 6) is 1.51. The Labute approximate surface area is 119 Å². The summed E-state index contributed by atoms with van der Waals surface area (Å²) >= 11 is 0. The van der Waals surface area contributed by atoms with E-state index in [1.54, 1.807) is 11.0 Å². The number of hydrogen-bond donors (Lipinski definition) is 1. The fraction of sp³-hybridized carbons (Fsp3) is 0.429. The maximum Gasteiger partial charge on any atom is 0.181 e. The molecule has 2 aromatic rings. The highest BCUT2D eigenvalue weighted by atomic mass is 35.5. The van der Waals surface area contributed by atoms with E-state index in [1.165, 1.54) is 18.4 Å². The Morgan fingerprint density at radius 1 is 1.16 bits per heavy atom. The van der Waals surface area contributed by atoms with Gasteiger partial charge in [-0.15, -0.1) is 12.4 Å². The lowest BCUT2D eigenvalue weighted by atomic mass is 9.90. The second kappa shape index (κ2) is 6.17. The molecule has 1 aromatic heterocycles. The van der Waals surface area contributed by atoms with Crippen LogP contribution in [-0.2, 0) is 7.05 Å². The summed E-state index contributed by atoms with van der Waals surface area (Å²) in [6.07, 6.45) is 4.21. The Morgan fingerprint density at radius 3 is 2.42 bits per heavy atom. The fourth-order valence-electron chi connectivity index (χ4n) is 2.53. The lowest BCUT2D eigenvalue weighted by Crippen LogP contribution is -2.26. The third kappa shape index (κ3) is 3.14. The van der Waals surface area contributed by atoms with Gasteiger partial charge < -0.3 is 5.32 Å². The molecule has 0 radical (unpaired) electrons. The first-order valence-electron chi connectivity index (χ1n) is 6.49. The molecule has 5 heteroatoms. The Morgan fingerprint density at radius 2 is 1.84 bits per heavy atom. The topological polar surface area (TPSA) is 42.7 Å². The number of nitrogens with zero attached hydrogens (tertiary/aromatic N) is 3. The molecule has 1 aliphatic rings. The van der Waals surface area contributed by atoms with Crippen molar-refractivity contribution in [2.75, 3.05) is 13.1 Å². The number of aryl methyl sites for hydroxylation is 1. The summed E-state index contributed by atoms with van der Waals surface area (Å²) in [4.78, 5) is 4.27. The molecule has 0 atom stereocenters. The van der Waals surface area contributed by atoms with Crippen LogP contribution in [0.5, 0.6) is 0 Å². The molecule has 4 nitrogen and oxygen atoms in total. The summed E-state index contributed by atoms with van der Waals surface area (Å²) in [6, 6.07) is 8.71. The normalized spacial score (nSPS) is 16.1. The van der Waals surface area contributed by atoms with Gasteiger partial charge in [-0.1, -0.05) is 24.3 Å². The summed E-state index contributed by atoms with van der Waals surface area (Å²) in [5.41, 5.74) is 2.53. The minimum atomic E-state index is 0. The average molecular weight is 279 g/mol. The lowest BCUT2D eigenvalue weighted by molar-refractivity contribution is 0.460. The van der Waals surface area contributed by atoms with Gasteiger partial charge >= 0.3 is 0 Å². The molecule has 0 bridgehead atoms. The van der Waals surface area contributed by atoms with Gasteiger partial charge in [0.15, 0.2) is 5.82 Å². The van der Waals surface area contributed by atoms with E-state index < -0.39 is 0 Å². The van der Waals surface area contributed by atoms with Gasteiger partial charge in [-0.2, -0.15) is 5.10 Å². The molecule has 1 aromatic carbocycles. The molecule has 0 amide bonds. The number of hydrogen-bond acceptors (Lipinski definition) is 3. The minimum Gasteiger partial charge on any atom is -0.317 e. The highest BCUT2D eigenvalue weighted by molar-refractivity contribution is 5.85. The van der Waals surface area contributed by atoms with Crippen LogP contribution in [0, 0.1) is 0 Å². The second-order valence-corrected chi connectivity index (χ2v) is 4.89. The Kier molecular flexibility index (Phi) is 4.56. The number of benzene rings is 1. The van der Waals surface area contributed by atoms with E-state index in [1.807, 2.05) is 7.05 Å². The minimum absolute atomic E-state index is 0. The van der Waals surface area contributed by atoms with E-state index in [0.717, 1.165) is 24.5 Å². The summed E-state index contributed by atoms with van der Waals surface area (Å²) in [7, 11) is 1.89. The highest BCUT2D eigenvalue weighted by Gasteiger charge is 2.15. The van der Waals surface area contributed by atoms with Gasteiger partial charge in [0.1, 0.15) is 6.33 Å². The van der Waals surface area contributed by atoms with Crippen LogP contribution in [0.4, 0.5) is 0 Å². The van der Waals surface area contributed by atoms with E-state index in [0.29, 0.717) is 5.92 Å². The van der Waals surface area contributed by atoms with Crippen LogP contribution in [0.1, 0.15) is 24.3 Å². The van der Waals surface area contributed by atoms with Crippen molar-refractivity contribution >= 4 is 12.4 Å². The Balaban J connectivity index is 0.00000133. The van der Waals surface area contributed by atoms with E-state index >= 15 is 0 Å². The number of nitrogens with one attached hydrogen (secondary N) is 1. The number of rotatable bonds is 2. The zero-order chi connectivity index (χ0) is 12.4. The predicted molar refractivity (Wildman–Crippen MR) is 78.5 cm³/mol.